The Labute approximate surface area is 346 Å². The predicted molar refractivity (Wildman–Crippen MR) is 229 cm³/mol. The second-order valence-corrected chi connectivity index (χ2v) is 14.8. The summed E-state index contributed by atoms with van der Waals surface area (Å²) < 4.78 is 23.5. The van der Waals surface area contributed by atoms with Gasteiger partial charge in [0, 0.05) is 24.7 Å². The number of esters is 3. The van der Waals surface area contributed by atoms with E-state index in [0.29, 0.717) is 42.6 Å². The van der Waals surface area contributed by atoms with Gasteiger partial charge in [0.1, 0.15) is 18.0 Å². The molecule has 0 spiro atoms. The third-order valence-electron chi connectivity index (χ3n) is 10.2. The fourth-order valence-electron chi connectivity index (χ4n) is 7.19. The highest BCUT2D eigenvalue weighted by Crippen LogP contribution is 2.41. The van der Waals surface area contributed by atoms with Crippen molar-refractivity contribution in [2.45, 2.75) is 64.3 Å². The van der Waals surface area contributed by atoms with Crippen molar-refractivity contribution in [1.82, 2.24) is 0 Å². The van der Waals surface area contributed by atoms with E-state index in [4.69, 9.17) is 18.9 Å². The third-order valence-corrected chi connectivity index (χ3v) is 10.2. The molecule has 0 aromatic heterocycles. The van der Waals surface area contributed by atoms with E-state index in [9.17, 15) is 19.2 Å². The Morgan fingerprint density at radius 3 is 1.68 bits per heavy atom. The first-order valence-electron chi connectivity index (χ1n) is 20.2. The number of carbonyl (C=O) groups excluding carboxylic acids is 4. The van der Waals surface area contributed by atoms with Crippen LogP contribution in [-0.2, 0) is 23.8 Å². The Balaban J connectivity index is 1.23. The van der Waals surface area contributed by atoms with E-state index in [-0.39, 0.29) is 36.8 Å². The molecular weight excluding hydrogens is 741 g/mol. The van der Waals surface area contributed by atoms with Crippen molar-refractivity contribution < 1.29 is 38.1 Å². The molecular formula is C51H50O8. The van der Waals surface area contributed by atoms with Crippen LogP contribution in [0.5, 0.6) is 5.75 Å². The standard InChI is InChI=1S/C51H50O8/c1-36(2)57-49(53)23-15-4-3-14-22-45-46(33-32-43(52)35-56-44-20-12-7-13-21-44)48(59-51(55)42-30-26-40(27-31-42)38-18-10-6-11-19-38)34-47(45)58-50(54)41-28-24-39(25-29-41)37-16-8-5-9-17-37/h3,5-14,16-21,24-33,36,45-48H,4,15,22-23,34-35H2,1-2H3. The number of unbranched alkanes of at least 4 members (excludes halogenated alkanes) is 1. The number of allylic oxidation sites excluding steroid dienone is 2. The summed E-state index contributed by atoms with van der Waals surface area (Å²) in [5.41, 5.74) is 4.77. The van der Waals surface area contributed by atoms with Crippen LogP contribution in [0.2, 0.25) is 0 Å². The molecule has 1 aliphatic carbocycles. The molecule has 302 valence electrons. The largest absolute Gasteiger partial charge is 0.485 e. The van der Waals surface area contributed by atoms with Gasteiger partial charge in [0.05, 0.1) is 17.2 Å². The predicted octanol–water partition coefficient (Wildman–Crippen LogP) is 10.7. The average molecular weight is 791 g/mol. The molecule has 0 radical (unpaired) electrons. The van der Waals surface area contributed by atoms with E-state index in [1.165, 1.54) is 6.08 Å². The molecule has 0 N–H and O–H groups in total. The number of ketones is 1. The molecule has 5 aromatic carbocycles. The minimum absolute atomic E-state index is 0.167. The fraction of sp³-hybridized carbons (Fsp3) is 0.255. The van der Waals surface area contributed by atoms with Gasteiger partial charge in [-0.3, -0.25) is 9.59 Å². The molecule has 1 saturated carbocycles. The van der Waals surface area contributed by atoms with E-state index in [1.807, 2.05) is 129 Å². The summed E-state index contributed by atoms with van der Waals surface area (Å²) >= 11 is 0. The number of rotatable bonds is 18. The minimum Gasteiger partial charge on any atom is -0.485 e. The molecule has 0 saturated heterocycles. The number of ether oxygens (including phenoxy) is 4. The van der Waals surface area contributed by atoms with Crippen LogP contribution < -0.4 is 4.74 Å². The monoisotopic (exact) mass is 790 g/mol. The van der Waals surface area contributed by atoms with Gasteiger partial charge in [0.15, 0.2) is 12.4 Å². The van der Waals surface area contributed by atoms with Gasteiger partial charge >= 0.3 is 17.9 Å². The van der Waals surface area contributed by atoms with Crippen molar-refractivity contribution >= 4 is 23.7 Å². The van der Waals surface area contributed by atoms with Gasteiger partial charge in [0.25, 0.3) is 0 Å². The Bertz CT molecular complexity index is 2180. The van der Waals surface area contributed by atoms with Crippen molar-refractivity contribution in [3.8, 4) is 28.0 Å². The maximum atomic E-state index is 13.8. The molecule has 0 bridgehead atoms. The van der Waals surface area contributed by atoms with Crippen molar-refractivity contribution in [2.24, 2.45) is 11.8 Å². The van der Waals surface area contributed by atoms with Crippen molar-refractivity contribution in [1.29, 1.82) is 0 Å². The van der Waals surface area contributed by atoms with Crippen molar-refractivity contribution in [3.63, 3.8) is 0 Å². The quantitative estimate of drug-likeness (QED) is 0.0284. The Hall–Kier alpha value is -6.54. The molecule has 6 rings (SSSR count). The summed E-state index contributed by atoms with van der Waals surface area (Å²) in [6, 6.07) is 43.4. The van der Waals surface area contributed by atoms with Crippen LogP contribution in [-0.4, -0.2) is 48.6 Å². The van der Waals surface area contributed by atoms with E-state index in [1.54, 1.807) is 42.5 Å². The first kappa shape index (κ1) is 42.1. The average Bonchev–Trinajstić information content (AvgIpc) is 3.58. The SMILES string of the molecule is CC(C)OC(=O)CCCC=CCC1C(OC(=O)c2ccc(-c3ccccc3)cc2)CC(OC(=O)c2ccc(-c3ccccc3)cc2)C1C=CC(=O)COc1ccccc1. The Kier molecular flexibility index (Phi) is 15.2. The molecule has 1 aliphatic rings. The van der Waals surface area contributed by atoms with Crippen molar-refractivity contribution in [2.75, 3.05) is 6.61 Å². The molecule has 0 heterocycles. The van der Waals surface area contributed by atoms with Crippen LogP contribution in [0.3, 0.4) is 0 Å². The zero-order valence-corrected chi connectivity index (χ0v) is 33.5. The summed E-state index contributed by atoms with van der Waals surface area (Å²) in [5, 5.41) is 0. The number of para-hydroxylation sites is 1. The van der Waals surface area contributed by atoms with Crippen LogP contribution >= 0.6 is 0 Å². The van der Waals surface area contributed by atoms with Crippen molar-refractivity contribution in [3.05, 3.63) is 175 Å². The highest BCUT2D eigenvalue weighted by Gasteiger charge is 2.46. The third kappa shape index (κ3) is 12.5. The summed E-state index contributed by atoms with van der Waals surface area (Å²) in [6.45, 7) is 3.47. The zero-order valence-electron chi connectivity index (χ0n) is 33.5. The molecule has 8 heteroatoms. The lowest BCUT2D eigenvalue weighted by molar-refractivity contribution is -0.147. The van der Waals surface area contributed by atoms with E-state index < -0.39 is 30.1 Å². The molecule has 1 fully saturated rings. The van der Waals surface area contributed by atoms with Gasteiger partial charge in [-0.05, 0) is 97.8 Å². The smallest absolute Gasteiger partial charge is 0.338 e. The Morgan fingerprint density at radius 2 is 1.14 bits per heavy atom. The lowest BCUT2D eigenvalue weighted by Crippen LogP contribution is -2.26. The molecule has 8 nitrogen and oxygen atoms in total. The lowest BCUT2D eigenvalue weighted by Gasteiger charge is -2.23. The molecule has 59 heavy (non-hydrogen) atoms. The summed E-state index contributed by atoms with van der Waals surface area (Å²) in [7, 11) is 0. The van der Waals surface area contributed by atoms with Gasteiger partial charge < -0.3 is 18.9 Å². The van der Waals surface area contributed by atoms with Crippen LogP contribution in [0.15, 0.2) is 164 Å². The Morgan fingerprint density at radius 1 is 0.627 bits per heavy atom. The molecule has 0 aliphatic heterocycles. The van der Waals surface area contributed by atoms with E-state index in [2.05, 4.69) is 0 Å². The van der Waals surface area contributed by atoms with Gasteiger partial charge in [0.2, 0.25) is 0 Å². The van der Waals surface area contributed by atoms with Crippen LogP contribution in [0.25, 0.3) is 22.3 Å². The molecule has 0 amide bonds. The minimum atomic E-state index is -0.710. The van der Waals surface area contributed by atoms with Gasteiger partial charge in [-0.2, -0.15) is 0 Å². The molecule has 4 unspecified atom stereocenters. The fourth-order valence-corrected chi connectivity index (χ4v) is 7.19. The first-order valence-corrected chi connectivity index (χ1v) is 20.2. The number of carbonyl (C=O) groups is 4. The maximum Gasteiger partial charge on any atom is 0.338 e. The summed E-state index contributed by atoms with van der Waals surface area (Å²) in [4.78, 5) is 52.7. The first-order chi connectivity index (χ1) is 28.7. The van der Waals surface area contributed by atoms with E-state index in [0.717, 1.165) is 22.3 Å². The van der Waals surface area contributed by atoms with E-state index >= 15 is 0 Å². The summed E-state index contributed by atoms with van der Waals surface area (Å²) in [5.74, 6) is -1.77. The second kappa shape index (κ2) is 21.3. The molecule has 5 aromatic rings. The number of hydrogen-bond donors (Lipinski definition) is 0. The van der Waals surface area contributed by atoms with Gasteiger partial charge in [-0.1, -0.05) is 121 Å². The van der Waals surface area contributed by atoms with Crippen LogP contribution in [0.1, 0.15) is 66.7 Å². The molecule has 4 atom stereocenters. The lowest BCUT2D eigenvalue weighted by atomic mass is 9.89. The maximum absolute atomic E-state index is 13.8. The number of hydrogen-bond acceptors (Lipinski definition) is 8. The number of benzene rings is 5. The normalized spacial score (nSPS) is 17.5. The highest BCUT2D eigenvalue weighted by atomic mass is 16.6. The second-order valence-electron chi connectivity index (χ2n) is 14.8. The van der Waals surface area contributed by atoms with Gasteiger partial charge in [-0.25, -0.2) is 9.59 Å². The zero-order chi connectivity index (χ0) is 41.4. The highest BCUT2D eigenvalue weighted by molar-refractivity contribution is 5.92. The van der Waals surface area contributed by atoms with Crippen LogP contribution in [0.4, 0.5) is 0 Å². The topological polar surface area (TPSA) is 105 Å². The summed E-state index contributed by atoms with van der Waals surface area (Å²) in [6.07, 6.45) is 7.95. The van der Waals surface area contributed by atoms with Gasteiger partial charge in [-0.15, -0.1) is 0 Å². The van der Waals surface area contributed by atoms with Crippen LogP contribution in [0, 0.1) is 11.8 Å².